The van der Waals surface area contributed by atoms with E-state index in [-0.39, 0.29) is 5.60 Å². The molecule has 0 amide bonds. The molecule has 0 aliphatic rings. The van der Waals surface area contributed by atoms with Crippen LogP contribution in [-0.4, -0.2) is 10.7 Å². The average molecular weight is 186 g/mol. The summed E-state index contributed by atoms with van der Waals surface area (Å²) in [5.74, 6) is 0. The van der Waals surface area contributed by atoms with Gasteiger partial charge in [0.05, 0.1) is 5.60 Å². The zero-order valence-electron chi connectivity index (χ0n) is 9.60. The Bertz CT molecular complexity index is 104. The van der Waals surface area contributed by atoms with Crippen LogP contribution in [0.25, 0.3) is 0 Å². The van der Waals surface area contributed by atoms with Crippen LogP contribution in [0.1, 0.15) is 72.1 Å². The molecule has 0 rings (SSSR count). The molecule has 0 heterocycles. The SMILES string of the molecule is CCCCCC(O)(CCC)CCC. The fraction of sp³-hybridized carbons (Fsp3) is 1.00. The summed E-state index contributed by atoms with van der Waals surface area (Å²) in [4.78, 5) is 0. The predicted molar refractivity (Wildman–Crippen MR) is 58.9 cm³/mol. The van der Waals surface area contributed by atoms with Crippen LogP contribution >= 0.6 is 0 Å². The lowest BCUT2D eigenvalue weighted by Crippen LogP contribution is -2.28. The van der Waals surface area contributed by atoms with Crippen molar-refractivity contribution in [1.82, 2.24) is 0 Å². The van der Waals surface area contributed by atoms with E-state index in [1.54, 1.807) is 0 Å². The lowest BCUT2D eigenvalue weighted by Gasteiger charge is -2.27. The highest BCUT2D eigenvalue weighted by molar-refractivity contribution is 4.77. The molecule has 1 heteroatoms. The third-order valence-corrected chi connectivity index (χ3v) is 2.68. The van der Waals surface area contributed by atoms with Gasteiger partial charge >= 0.3 is 0 Å². The third kappa shape index (κ3) is 6.09. The van der Waals surface area contributed by atoms with Crippen LogP contribution < -0.4 is 0 Å². The number of hydrogen-bond donors (Lipinski definition) is 1. The van der Waals surface area contributed by atoms with Crippen LogP contribution in [0.4, 0.5) is 0 Å². The second-order valence-electron chi connectivity index (χ2n) is 4.18. The van der Waals surface area contributed by atoms with E-state index in [0.717, 1.165) is 32.1 Å². The van der Waals surface area contributed by atoms with Crippen LogP contribution in [0, 0.1) is 0 Å². The van der Waals surface area contributed by atoms with Gasteiger partial charge < -0.3 is 5.11 Å². The number of aliphatic hydroxyl groups is 1. The van der Waals surface area contributed by atoms with Gasteiger partial charge in [0.25, 0.3) is 0 Å². The van der Waals surface area contributed by atoms with Crippen molar-refractivity contribution in [3.63, 3.8) is 0 Å². The molecule has 0 radical (unpaired) electrons. The van der Waals surface area contributed by atoms with Gasteiger partial charge in [0.15, 0.2) is 0 Å². The summed E-state index contributed by atoms with van der Waals surface area (Å²) in [7, 11) is 0. The van der Waals surface area contributed by atoms with Crippen LogP contribution in [0.2, 0.25) is 0 Å². The molecule has 80 valence electrons. The van der Waals surface area contributed by atoms with Crippen LogP contribution in [0.15, 0.2) is 0 Å². The molecule has 13 heavy (non-hydrogen) atoms. The summed E-state index contributed by atoms with van der Waals surface area (Å²) in [6.07, 6.45) is 8.85. The van der Waals surface area contributed by atoms with Gasteiger partial charge in [-0.15, -0.1) is 0 Å². The van der Waals surface area contributed by atoms with Gasteiger partial charge in [-0.25, -0.2) is 0 Å². The molecular weight excluding hydrogens is 160 g/mol. The first-order valence-electron chi connectivity index (χ1n) is 5.91. The predicted octanol–water partition coefficient (Wildman–Crippen LogP) is 3.90. The topological polar surface area (TPSA) is 20.2 Å². The first-order valence-corrected chi connectivity index (χ1v) is 5.91. The molecule has 0 bridgehead atoms. The zero-order valence-corrected chi connectivity index (χ0v) is 9.60. The Balaban J connectivity index is 3.76. The smallest absolute Gasteiger partial charge is 0.0647 e. The van der Waals surface area contributed by atoms with E-state index in [1.165, 1.54) is 19.3 Å². The van der Waals surface area contributed by atoms with Crippen molar-refractivity contribution < 1.29 is 5.11 Å². The molecule has 0 fully saturated rings. The summed E-state index contributed by atoms with van der Waals surface area (Å²) in [6, 6.07) is 0. The standard InChI is InChI=1S/C12H26O/c1-4-7-8-11-12(13,9-5-2)10-6-3/h13H,4-11H2,1-3H3. The minimum Gasteiger partial charge on any atom is -0.390 e. The van der Waals surface area contributed by atoms with Gasteiger partial charge in [-0.05, 0) is 19.3 Å². The number of rotatable bonds is 8. The minimum absolute atomic E-state index is 0.349. The summed E-state index contributed by atoms with van der Waals surface area (Å²) in [6.45, 7) is 6.51. The molecule has 0 aromatic rings. The average Bonchev–Trinajstić information content (AvgIpc) is 2.05. The van der Waals surface area contributed by atoms with Crippen LogP contribution in [0.5, 0.6) is 0 Å². The molecule has 0 spiro atoms. The molecule has 1 N–H and O–H groups in total. The second kappa shape index (κ2) is 7.37. The zero-order chi connectivity index (χ0) is 10.2. The summed E-state index contributed by atoms with van der Waals surface area (Å²) >= 11 is 0. The third-order valence-electron chi connectivity index (χ3n) is 2.68. The van der Waals surface area contributed by atoms with Gasteiger partial charge in [-0.1, -0.05) is 52.9 Å². The van der Waals surface area contributed by atoms with Crippen molar-refractivity contribution in [2.45, 2.75) is 77.7 Å². The van der Waals surface area contributed by atoms with Crippen molar-refractivity contribution in [3.8, 4) is 0 Å². The lowest BCUT2D eigenvalue weighted by atomic mass is 9.87. The second-order valence-corrected chi connectivity index (χ2v) is 4.18. The van der Waals surface area contributed by atoms with E-state index >= 15 is 0 Å². The van der Waals surface area contributed by atoms with Crippen molar-refractivity contribution >= 4 is 0 Å². The highest BCUT2D eigenvalue weighted by Crippen LogP contribution is 2.25. The van der Waals surface area contributed by atoms with Crippen molar-refractivity contribution in [1.29, 1.82) is 0 Å². The van der Waals surface area contributed by atoms with E-state index in [4.69, 9.17) is 0 Å². The van der Waals surface area contributed by atoms with Crippen molar-refractivity contribution in [2.24, 2.45) is 0 Å². The maximum Gasteiger partial charge on any atom is 0.0647 e. The first-order chi connectivity index (χ1) is 6.18. The fourth-order valence-corrected chi connectivity index (χ4v) is 2.01. The van der Waals surface area contributed by atoms with E-state index in [9.17, 15) is 5.11 Å². The summed E-state index contributed by atoms with van der Waals surface area (Å²) < 4.78 is 0. The van der Waals surface area contributed by atoms with Gasteiger partial charge in [-0.3, -0.25) is 0 Å². The Morgan fingerprint density at radius 3 is 1.69 bits per heavy atom. The number of hydrogen-bond acceptors (Lipinski definition) is 1. The van der Waals surface area contributed by atoms with Crippen molar-refractivity contribution in [3.05, 3.63) is 0 Å². The first kappa shape index (κ1) is 13.0. The molecule has 0 saturated heterocycles. The molecule has 0 aromatic heterocycles. The molecule has 0 aliphatic carbocycles. The molecule has 0 aliphatic heterocycles. The van der Waals surface area contributed by atoms with Crippen LogP contribution in [0.3, 0.4) is 0 Å². The molecule has 0 saturated carbocycles. The number of unbranched alkanes of at least 4 members (excludes halogenated alkanes) is 2. The monoisotopic (exact) mass is 186 g/mol. The maximum absolute atomic E-state index is 10.2. The summed E-state index contributed by atoms with van der Waals surface area (Å²) in [5, 5.41) is 10.2. The Labute approximate surface area is 83.5 Å². The van der Waals surface area contributed by atoms with Gasteiger partial charge in [-0.2, -0.15) is 0 Å². The Kier molecular flexibility index (Phi) is 7.35. The highest BCUT2D eigenvalue weighted by atomic mass is 16.3. The van der Waals surface area contributed by atoms with E-state index in [1.807, 2.05) is 0 Å². The van der Waals surface area contributed by atoms with E-state index in [0.29, 0.717) is 0 Å². The maximum atomic E-state index is 10.2. The fourth-order valence-electron chi connectivity index (χ4n) is 2.01. The highest BCUT2D eigenvalue weighted by Gasteiger charge is 2.23. The van der Waals surface area contributed by atoms with Gasteiger partial charge in [0.2, 0.25) is 0 Å². The normalized spacial score (nSPS) is 12.0. The molecule has 1 nitrogen and oxygen atoms in total. The lowest BCUT2D eigenvalue weighted by molar-refractivity contribution is 0.0106. The minimum atomic E-state index is -0.349. The Hall–Kier alpha value is -0.0400. The largest absolute Gasteiger partial charge is 0.390 e. The quantitative estimate of drug-likeness (QED) is 0.570. The van der Waals surface area contributed by atoms with Gasteiger partial charge in [0.1, 0.15) is 0 Å². The van der Waals surface area contributed by atoms with Crippen molar-refractivity contribution in [2.75, 3.05) is 0 Å². The van der Waals surface area contributed by atoms with E-state index < -0.39 is 0 Å². The molecule has 0 unspecified atom stereocenters. The Morgan fingerprint density at radius 1 is 0.769 bits per heavy atom. The van der Waals surface area contributed by atoms with Crippen LogP contribution in [-0.2, 0) is 0 Å². The summed E-state index contributed by atoms with van der Waals surface area (Å²) in [5.41, 5.74) is -0.349. The molecule has 0 aromatic carbocycles. The Morgan fingerprint density at radius 2 is 1.31 bits per heavy atom. The molecule has 0 atom stereocenters. The van der Waals surface area contributed by atoms with E-state index in [2.05, 4.69) is 20.8 Å². The molecular formula is C12H26O. The van der Waals surface area contributed by atoms with Gasteiger partial charge in [0, 0.05) is 0 Å².